The summed E-state index contributed by atoms with van der Waals surface area (Å²) in [6.45, 7) is 3.81. The van der Waals surface area contributed by atoms with Crippen molar-refractivity contribution in [3.63, 3.8) is 0 Å². The monoisotopic (exact) mass is 270 g/mol. The Morgan fingerprint density at radius 2 is 1.74 bits per heavy atom. The minimum Gasteiger partial charge on any atom is -0.299 e. The van der Waals surface area contributed by atoms with E-state index in [0.717, 1.165) is 38.3 Å². The molecule has 6 heteroatoms. The summed E-state index contributed by atoms with van der Waals surface area (Å²) in [5.74, 6) is -4.71. The highest BCUT2D eigenvalue weighted by Gasteiger charge is 2.37. The predicted molar refractivity (Wildman–Crippen MR) is 62.4 cm³/mol. The topological polar surface area (TPSA) is 23.6 Å². The van der Waals surface area contributed by atoms with Crippen LogP contribution < -0.4 is 0 Å². The molecule has 1 aromatic carbocycles. The second kappa shape index (κ2) is 4.61. The minimum absolute atomic E-state index is 0.363. The minimum atomic E-state index is -1.58. The summed E-state index contributed by atoms with van der Waals surface area (Å²) in [5, 5.41) is 0. The fraction of sp³-hybridized carbons (Fsp3) is 0.462. The number of benzene rings is 1. The van der Waals surface area contributed by atoms with Gasteiger partial charge in [0.05, 0.1) is 11.6 Å². The van der Waals surface area contributed by atoms with Crippen LogP contribution in [0.4, 0.5) is 13.2 Å². The molecule has 0 aliphatic carbocycles. The summed E-state index contributed by atoms with van der Waals surface area (Å²) < 4.78 is 39.7. The molecule has 4 rings (SSSR count). The van der Waals surface area contributed by atoms with Crippen LogP contribution in [-0.4, -0.2) is 54.3 Å². The number of halogens is 3. The number of carbonyl (C=O) groups excluding carboxylic acids is 1. The SMILES string of the molecule is O=C(c1ccc(F)c(F)c1F)C1CN2CCN1CC2. The Morgan fingerprint density at radius 3 is 2.32 bits per heavy atom. The summed E-state index contributed by atoms with van der Waals surface area (Å²) in [5.41, 5.74) is -0.363. The Bertz CT molecular complexity index is 527. The van der Waals surface area contributed by atoms with E-state index in [-0.39, 0.29) is 5.56 Å². The largest absolute Gasteiger partial charge is 0.299 e. The first-order valence-electron chi connectivity index (χ1n) is 6.22. The maximum absolute atomic E-state index is 13.6. The van der Waals surface area contributed by atoms with Gasteiger partial charge >= 0.3 is 0 Å². The van der Waals surface area contributed by atoms with E-state index in [1.54, 1.807) is 0 Å². The number of hydrogen-bond donors (Lipinski definition) is 0. The van der Waals surface area contributed by atoms with Gasteiger partial charge in [-0.3, -0.25) is 14.6 Å². The van der Waals surface area contributed by atoms with E-state index in [1.165, 1.54) is 0 Å². The third-order valence-corrected chi connectivity index (χ3v) is 3.88. The van der Waals surface area contributed by atoms with Gasteiger partial charge in [0.25, 0.3) is 0 Å². The summed E-state index contributed by atoms with van der Waals surface area (Å²) >= 11 is 0. The van der Waals surface area contributed by atoms with Gasteiger partial charge in [0, 0.05) is 32.7 Å². The van der Waals surface area contributed by atoms with Crippen LogP contribution in [0.25, 0.3) is 0 Å². The van der Waals surface area contributed by atoms with Crippen molar-refractivity contribution in [2.45, 2.75) is 6.04 Å². The van der Waals surface area contributed by atoms with E-state index in [9.17, 15) is 18.0 Å². The van der Waals surface area contributed by atoms with E-state index in [0.29, 0.717) is 6.54 Å². The molecule has 102 valence electrons. The van der Waals surface area contributed by atoms with Crippen molar-refractivity contribution < 1.29 is 18.0 Å². The second-order valence-corrected chi connectivity index (χ2v) is 4.94. The maximum atomic E-state index is 13.6. The zero-order valence-corrected chi connectivity index (χ0v) is 10.2. The number of piperazine rings is 3. The zero-order chi connectivity index (χ0) is 13.6. The van der Waals surface area contributed by atoms with Crippen LogP contribution >= 0.6 is 0 Å². The lowest BCUT2D eigenvalue weighted by atomic mass is 9.97. The van der Waals surface area contributed by atoms with Gasteiger partial charge < -0.3 is 0 Å². The zero-order valence-electron chi connectivity index (χ0n) is 10.2. The van der Waals surface area contributed by atoms with Crippen molar-refractivity contribution in [1.29, 1.82) is 0 Å². The molecule has 0 aromatic heterocycles. The second-order valence-electron chi connectivity index (χ2n) is 4.94. The summed E-state index contributed by atoms with van der Waals surface area (Å²) in [6, 6.07) is 1.36. The molecule has 0 spiro atoms. The molecule has 3 heterocycles. The van der Waals surface area contributed by atoms with Gasteiger partial charge in [-0.25, -0.2) is 13.2 Å². The summed E-state index contributed by atoms with van der Waals surface area (Å²) in [7, 11) is 0. The van der Waals surface area contributed by atoms with Crippen LogP contribution in [0.5, 0.6) is 0 Å². The first kappa shape index (κ1) is 12.6. The number of fused-ring (bicyclic) bond motifs is 3. The van der Waals surface area contributed by atoms with Crippen molar-refractivity contribution in [2.75, 3.05) is 32.7 Å². The molecule has 3 fully saturated rings. The number of hydrogen-bond acceptors (Lipinski definition) is 3. The predicted octanol–water partition coefficient (Wildman–Crippen LogP) is 1.29. The van der Waals surface area contributed by atoms with Crippen LogP contribution in [0, 0.1) is 17.5 Å². The molecular formula is C13H13F3N2O. The van der Waals surface area contributed by atoms with Crippen molar-refractivity contribution in [2.24, 2.45) is 0 Å². The van der Waals surface area contributed by atoms with E-state index in [1.807, 2.05) is 4.90 Å². The van der Waals surface area contributed by atoms with Gasteiger partial charge in [0.2, 0.25) is 0 Å². The van der Waals surface area contributed by atoms with Crippen molar-refractivity contribution in [3.05, 3.63) is 35.1 Å². The highest BCUT2D eigenvalue weighted by molar-refractivity contribution is 6.00. The smallest absolute Gasteiger partial charge is 0.195 e. The Morgan fingerprint density at radius 1 is 1.05 bits per heavy atom. The molecule has 1 atom stereocenters. The molecule has 0 radical (unpaired) electrons. The fourth-order valence-electron chi connectivity index (χ4n) is 2.76. The van der Waals surface area contributed by atoms with Crippen molar-refractivity contribution >= 4 is 5.78 Å². The van der Waals surface area contributed by atoms with Gasteiger partial charge in [-0.1, -0.05) is 0 Å². The Kier molecular flexibility index (Phi) is 3.06. The summed E-state index contributed by atoms with van der Waals surface area (Å²) in [6.07, 6.45) is 0. The molecule has 3 nitrogen and oxygen atoms in total. The van der Waals surface area contributed by atoms with Gasteiger partial charge in [-0.2, -0.15) is 0 Å². The van der Waals surface area contributed by atoms with Crippen LogP contribution in [0.2, 0.25) is 0 Å². The molecule has 0 N–H and O–H groups in total. The molecule has 0 saturated carbocycles. The average Bonchev–Trinajstić information content (AvgIpc) is 2.45. The number of ketones is 1. The fourth-order valence-corrected chi connectivity index (χ4v) is 2.76. The average molecular weight is 270 g/mol. The molecule has 19 heavy (non-hydrogen) atoms. The molecular weight excluding hydrogens is 257 g/mol. The van der Waals surface area contributed by atoms with E-state index in [2.05, 4.69) is 4.90 Å². The van der Waals surface area contributed by atoms with Gasteiger partial charge in [-0.15, -0.1) is 0 Å². The third-order valence-electron chi connectivity index (χ3n) is 3.88. The lowest BCUT2D eigenvalue weighted by Crippen LogP contribution is -2.63. The van der Waals surface area contributed by atoms with Crippen LogP contribution in [0.1, 0.15) is 10.4 Å². The van der Waals surface area contributed by atoms with E-state index >= 15 is 0 Å². The number of Topliss-reactive ketones (excluding diaryl/α,β-unsaturated/α-hetero) is 1. The molecule has 3 aliphatic heterocycles. The highest BCUT2D eigenvalue weighted by Crippen LogP contribution is 2.22. The van der Waals surface area contributed by atoms with Gasteiger partial charge in [0.15, 0.2) is 23.2 Å². The molecule has 0 amide bonds. The molecule has 2 bridgehead atoms. The van der Waals surface area contributed by atoms with E-state index < -0.39 is 29.3 Å². The number of nitrogens with zero attached hydrogens (tertiary/aromatic N) is 2. The highest BCUT2D eigenvalue weighted by atomic mass is 19.2. The first-order valence-corrected chi connectivity index (χ1v) is 6.22. The number of carbonyl (C=O) groups is 1. The summed E-state index contributed by atoms with van der Waals surface area (Å²) in [4.78, 5) is 16.4. The lowest BCUT2D eigenvalue weighted by molar-refractivity contribution is 0.0156. The molecule has 3 saturated heterocycles. The van der Waals surface area contributed by atoms with Crippen molar-refractivity contribution in [1.82, 2.24) is 9.80 Å². The van der Waals surface area contributed by atoms with Crippen LogP contribution in [0.15, 0.2) is 12.1 Å². The Balaban J connectivity index is 1.90. The maximum Gasteiger partial charge on any atom is 0.195 e. The lowest BCUT2D eigenvalue weighted by Gasteiger charge is -2.46. The molecule has 1 unspecified atom stereocenters. The van der Waals surface area contributed by atoms with Crippen LogP contribution in [-0.2, 0) is 0 Å². The normalized spacial score (nSPS) is 29.5. The Labute approximate surface area is 108 Å². The van der Waals surface area contributed by atoms with Gasteiger partial charge in [-0.05, 0) is 12.1 Å². The Hall–Kier alpha value is -1.40. The van der Waals surface area contributed by atoms with Crippen LogP contribution in [0.3, 0.4) is 0 Å². The molecule has 3 aliphatic rings. The third kappa shape index (κ3) is 2.04. The first-order chi connectivity index (χ1) is 9.08. The molecule has 1 aromatic rings. The van der Waals surface area contributed by atoms with E-state index in [4.69, 9.17) is 0 Å². The quantitative estimate of drug-likeness (QED) is 0.597. The standard InChI is InChI=1S/C13H13F3N2O/c14-9-2-1-8(11(15)12(9)16)13(19)10-7-17-3-5-18(10)6-4-17/h1-2,10H,3-7H2. The van der Waals surface area contributed by atoms with Crippen molar-refractivity contribution in [3.8, 4) is 0 Å². The number of rotatable bonds is 2. The van der Waals surface area contributed by atoms with Gasteiger partial charge in [0.1, 0.15) is 0 Å².